The van der Waals surface area contributed by atoms with Gasteiger partial charge in [0.05, 0.1) is 6.54 Å². The Morgan fingerprint density at radius 2 is 1.82 bits per heavy atom. The van der Waals surface area contributed by atoms with Gasteiger partial charge < -0.3 is 10.6 Å². The van der Waals surface area contributed by atoms with E-state index < -0.39 is 0 Å². The number of amides is 1. The first kappa shape index (κ1) is 16.1. The van der Waals surface area contributed by atoms with Gasteiger partial charge in [-0.2, -0.15) is 0 Å². The van der Waals surface area contributed by atoms with Gasteiger partial charge in [-0.3, -0.25) is 4.79 Å². The predicted octanol–water partition coefficient (Wildman–Crippen LogP) is 3.33. The second kappa shape index (κ2) is 8.23. The third-order valence-electron chi connectivity index (χ3n) is 3.74. The molecule has 2 N–H and O–H groups in total. The van der Waals surface area contributed by atoms with Crippen LogP contribution in [-0.2, 0) is 17.6 Å². The van der Waals surface area contributed by atoms with E-state index in [1.165, 1.54) is 16.7 Å². The van der Waals surface area contributed by atoms with Crippen molar-refractivity contribution in [3.63, 3.8) is 0 Å². The Morgan fingerprint density at radius 1 is 1.05 bits per heavy atom. The van der Waals surface area contributed by atoms with E-state index in [9.17, 15) is 4.79 Å². The molecule has 0 atom stereocenters. The Bertz CT molecular complexity index is 608. The van der Waals surface area contributed by atoms with Gasteiger partial charge in [-0.1, -0.05) is 55.5 Å². The van der Waals surface area contributed by atoms with Gasteiger partial charge in [-0.05, 0) is 36.5 Å². The summed E-state index contributed by atoms with van der Waals surface area (Å²) < 4.78 is 0. The number of aryl methyl sites for hydroxylation is 2. The van der Waals surface area contributed by atoms with Crippen LogP contribution in [0.15, 0.2) is 48.5 Å². The molecule has 2 aromatic carbocycles. The van der Waals surface area contributed by atoms with Crippen molar-refractivity contribution in [3.05, 3.63) is 65.2 Å². The van der Waals surface area contributed by atoms with Crippen LogP contribution in [0, 0.1) is 6.92 Å². The van der Waals surface area contributed by atoms with E-state index in [1.54, 1.807) is 0 Å². The first-order valence-corrected chi connectivity index (χ1v) is 7.83. The summed E-state index contributed by atoms with van der Waals surface area (Å²) in [6.45, 7) is 5.17. The Hall–Kier alpha value is -2.29. The highest BCUT2D eigenvalue weighted by Crippen LogP contribution is 2.20. The fourth-order valence-corrected chi connectivity index (χ4v) is 2.50. The number of carbonyl (C=O) groups is 1. The minimum atomic E-state index is 0.0289. The summed E-state index contributed by atoms with van der Waals surface area (Å²) in [5, 5.41) is 6.23. The van der Waals surface area contributed by atoms with Crippen molar-refractivity contribution in [2.45, 2.75) is 26.7 Å². The number of hydrogen-bond acceptors (Lipinski definition) is 2. The largest absolute Gasteiger partial charge is 0.376 e. The summed E-state index contributed by atoms with van der Waals surface area (Å²) in [5.74, 6) is 0.0289. The first-order chi connectivity index (χ1) is 10.7. The van der Waals surface area contributed by atoms with Crippen molar-refractivity contribution in [1.29, 1.82) is 0 Å². The number of rotatable bonds is 7. The molecule has 116 valence electrons. The standard InChI is InChI=1S/C19H24N2O/c1-3-17-11-7-8-15(2)19(17)21-14-18(22)20-13-12-16-9-5-4-6-10-16/h4-11,21H,3,12-14H2,1-2H3,(H,20,22). The first-order valence-electron chi connectivity index (χ1n) is 7.83. The molecule has 0 saturated heterocycles. The van der Waals surface area contributed by atoms with Crippen molar-refractivity contribution >= 4 is 11.6 Å². The number of nitrogens with one attached hydrogen (secondary N) is 2. The molecule has 0 aromatic heterocycles. The normalized spacial score (nSPS) is 10.3. The zero-order valence-electron chi connectivity index (χ0n) is 13.4. The molecular formula is C19H24N2O. The molecule has 0 spiro atoms. The fourth-order valence-electron chi connectivity index (χ4n) is 2.50. The van der Waals surface area contributed by atoms with Crippen LogP contribution in [0.4, 0.5) is 5.69 Å². The zero-order valence-corrected chi connectivity index (χ0v) is 13.4. The van der Waals surface area contributed by atoms with Crippen LogP contribution in [-0.4, -0.2) is 19.0 Å². The van der Waals surface area contributed by atoms with Gasteiger partial charge in [0.25, 0.3) is 0 Å². The van der Waals surface area contributed by atoms with E-state index in [-0.39, 0.29) is 5.91 Å². The Kier molecular flexibility index (Phi) is 6.01. The van der Waals surface area contributed by atoms with Crippen LogP contribution in [0.2, 0.25) is 0 Å². The molecule has 2 rings (SSSR count). The highest BCUT2D eigenvalue weighted by molar-refractivity contribution is 5.81. The summed E-state index contributed by atoms with van der Waals surface area (Å²) >= 11 is 0. The molecule has 0 saturated carbocycles. The Labute approximate surface area is 132 Å². The van der Waals surface area contributed by atoms with Crippen molar-refractivity contribution in [2.24, 2.45) is 0 Å². The second-order valence-corrected chi connectivity index (χ2v) is 5.40. The molecule has 0 aliphatic heterocycles. The van der Waals surface area contributed by atoms with Crippen LogP contribution in [0.5, 0.6) is 0 Å². The quantitative estimate of drug-likeness (QED) is 0.823. The second-order valence-electron chi connectivity index (χ2n) is 5.40. The van der Waals surface area contributed by atoms with E-state index in [0.717, 1.165) is 18.5 Å². The molecule has 0 aliphatic rings. The topological polar surface area (TPSA) is 41.1 Å². The summed E-state index contributed by atoms with van der Waals surface area (Å²) in [4.78, 5) is 11.9. The number of benzene rings is 2. The van der Waals surface area contributed by atoms with Crippen LogP contribution >= 0.6 is 0 Å². The fraction of sp³-hybridized carbons (Fsp3) is 0.316. The van der Waals surface area contributed by atoms with Gasteiger partial charge in [0.1, 0.15) is 0 Å². The number of hydrogen-bond donors (Lipinski definition) is 2. The van der Waals surface area contributed by atoms with Crippen molar-refractivity contribution < 1.29 is 4.79 Å². The smallest absolute Gasteiger partial charge is 0.239 e. The maximum atomic E-state index is 11.9. The molecule has 0 radical (unpaired) electrons. The average Bonchev–Trinajstić information content (AvgIpc) is 2.54. The molecule has 3 nitrogen and oxygen atoms in total. The summed E-state index contributed by atoms with van der Waals surface area (Å²) in [5.41, 5.74) is 4.75. The minimum Gasteiger partial charge on any atom is -0.376 e. The Morgan fingerprint density at radius 3 is 2.55 bits per heavy atom. The van der Waals surface area contributed by atoms with Crippen LogP contribution in [0.3, 0.4) is 0 Å². The predicted molar refractivity (Wildman–Crippen MR) is 92.2 cm³/mol. The lowest BCUT2D eigenvalue weighted by molar-refractivity contribution is -0.119. The molecule has 3 heteroatoms. The highest BCUT2D eigenvalue weighted by Gasteiger charge is 2.06. The number of anilines is 1. The molecule has 1 amide bonds. The molecule has 0 heterocycles. The van der Waals surface area contributed by atoms with E-state index in [4.69, 9.17) is 0 Å². The van der Waals surface area contributed by atoms with Crippen LogP contribution in [0.1, 0.15) is 23.6 Å². The lowest BCUT2D eigenvalue weighted by Crippen LogP contribution is -2.31. The SMILES string of the molecule is CCc1cccc(C)c1NCC(=O)NCCc1ccccc1. The summed E-state index contributed by atoms with van der Waals surface area (Å²) in [6, 6.07) is 16.4. The lowest BCUT2D eigenvalue weighted by Gasteiger charge is -2.14. The van der Waals surface area contributed by atoms with E-state index >= 15 is 0 Å². The van der Waals surface area contributed by atoms with Gasteiger partial charge in [0, 0.05) is 12.2 Å². The molecular weight excluding hydrogens is 272 g/mol. The van der Waals surface area contributed by atoms with Gasteiger partial charge >= 0.3 is 0 Å². The summed E-state index contributed by atoms with van der Waals surface area (Å²) in [7, 11) is 0. The van der Waals surface area contributed by atoms with Crippen molar-refractivity contribution in [3.8, 4) is 0 Å². The Balaban J connectivity index is 1.78. The molecule has 0 fully saturated rings. The van der Waals surface area contributed by atoms with Gasteiger partial charge in [0.15, 0.2) is 0 Å². The molecule has 2 aromatic rings. The third kappa shape index (κ3) is 4.62. The molecule has 0 bridgehead atoms. The maximum absolute atomic E-state index is 11.9. The van der Waals surface area contributed by atoms with Gasteiger partial charge in [-0.25, -0.2) is 0 Å². The van der Waals surface area contributed by atoms with Gasteiger partial charge in [0.2, 0.25) is 5.91 Å². The monoisotopic (exact) mass is 296 g/mol. The molecule has 22 heavy (non-hydrogen) atoms. The third-order valence-corrected chi connectivity index (χ3v) is 3.74. The van der Waals surface area contributed by atoms with Crippen LogP contribution in [0.25, 0.3) is 0 Å². The molecule has 0 unspecified atom stereocenters. The van der Waals surface area contributed by atoms with E-state index in [0.29, 0.717) is 13.1 Å². The van der Waals surface area contributed by atoms with Crippen molar-refractivity contribution in [2.75, 3.05) is 18.4 Å². The van der Waals surface area contributed by atoms with Crippen LogP contribution < -0.4 is 10.6 Å². The molecule has 0 aliphatic carbocycles. The average molecular weight is 296 g/mol. The van der Waals surface area contributed by atoms with E-state index in [2.05, 4.69) is 54.8 Å². The van der Waals surface area contributed by atoms with Gasteiger partial charge in [-0.15, -0.1) is 0 Å². The van der Waals surface area contributed by atoms with E-state index in [1.807, 2.05) is 18.2 Å². The summed E-state index contributed by atoms with van der Waals surface area (Å²) in [6.07, 6.45) is 1.82. The minimum absolute atomic E-state index is 0.0289. The zero-order chi connectivity index (χ0) is 15.8. The maximum Gasteiger partial charge on any atom is 0.239 e. The lowest BCUT2D eigenvalue weighted by atomic mass is 10.1. The highest BCUT2D eigenvalue weighted by atomic mass is 16.1. The van der Waals surface area contributed by atoms with Crippen molar-refractivity contribution in [1.82, 2.24) is 5.32 Å². The number of para-hydroxylation sites is 1. The number of carbonyl (C=O) groups excluding carboxylic acids is 1.